The van der Waals surface area contributed by atoms with Crippen molar-refractivity contribution in [3.63, 3.8) is 0 Å². The van der Waals surface area contributed by atoms with Crippen molar-refractivity contribution in [3.05, 3.63) is 47.0 Å². The summed E-state index contributed by atoms with van der Waals surface area (Å²) in [7, 11) is 6.65. The summed E-state index contributed by atoms with van der Waals surface area (Å²) < 4.78 is 22.1. The van der Waals surface area contributed by atoms with Crippen LogP contribution < -0.4 is 18.9 Å². The second kappa shape index (κ2) is 12.4. The lowest BCUT2D eigenvalue weighted by Gasteiger charge is -2.38. The predicted molar refractivity (Wildman–Crippen MR) is 143 cm³/mol. The molecule has 1 aliphatic heterocycles. The molecule has 0 aliphatic carbocycles. The van der Waals surface area contributed by atoms with Crippen LogP contribution >= 0.6 is 0 Å². The Hall–Kier alpha value is -2.91. The fourth-order valence-electron chi connectivity index (χ4n) is 5.61. The molecule has 0 amide bonds. The van der Waals surface area contributed by atoms with Crippen LogP contribution in [-0.2, 0) is 18.4 Å². The highest BCUT2D eigenvalue weighted by Gasteiger charge is 2.37. The Labute approximate surface area is 217 Å². The van der Waals surface area contributed by atoms with Gasteiger partial charge in [0.2, 0.25) is 0 Å². The molecule has 0 spiro atoms. The third-order valence-corrected chi connectivity index (χ3v) is 7.75. The number of nitrogens with zero attached hydrogens (tertiary/aromatic N) is 2. The molecule has 196 valence electrons. The minimum absolute atomic E-state index is 0.163. The first kappa shape index (κ1) is 27.7. The number of methoxy groups -OCH3 is 4. The lowest BCUT2D eigenvalue weighted by atomic mass is 9.69. The van der Waals surface area contributed by atoms with Crippen molar-refractivity contribution in [2.24, 2.45) is 5.92 Å². The third kappa shape index (κ3) is 5.57. The second-order valence-electron chi connectivity index (χ2n) is 10.0. The number of hydrogen-bond donors (Lipinski definition) is 0. The van der Waals surface area contributed by atoms with Gasteiger partial charge in [-0.15, -0.1) is 0 Å². The van der Waals surface area contributed by atoms with E-state index >= 15 is 0 Å². The van der Waals surface area contributed by atoms with Gasteiger partial charge < -0.3 is 18.9 Å². The van der Waals surface area contributed by atoms with E-state index in [0.717, 1.165) is 62.3 Å². The average Bonchev–Trinajstić information content (AvgIpc) is 2.90. The molecular weight excluding hydrogens is 452 g/mol. The normalized spacial score (nSPS) is 17.1. The van der Waals surface area contributed by atoms with E-state index in [1.165, 1.54) is 11.1 Å². The molecule has 6 heteroatoms. The molecule has 0 radical (unpaired) electrons. The van der Waals surface area contributed by atoms with E-state index in [2.05, 4.69) is 43.9 Å². The maximum Gasteiger partial charge on any atom is 0.161 e. The van der Waals surface area contributed by atoms with Crippen molar-refractivity contribution in [3.8, 4) is 29.1 Å². The number of fused-ring (bicyclic) bond motifs is 1. The van der Waals surface area contributed by atoms with Gasteiger partial charge in [-0.3, -0.25) is 4.90 Å². The zero-order valence-electron chi connectivity index (χ0n) is 23.0. The zero-order valence-corrected chi connectivity index (χ0v) is 23.0. The quantitative estimate of drug-likeness (QED) is 0.353. The monoisotopic (exact) mass is 494 g/mol. The van der Waals surface area contributed by atoms with Crippen molar-refractivity contribution >= 4 is 0 Å². The van der Waals surface area contributed by atoms with Gasteiger partial charge in [0, 0.05) is 12.6 Å². The van der Waals surface area contributed by atoms with Gasteiger partial charge in [-0.25, -0.2) is 0 Å². The fourth-order valence-corrected chi connectivity index (χ4v) is 5.61. The molecule has 2 atom stereocenters. The Balaban J connectivity index is 1.82. The molecule has 0 fully saturated rings. The summed E-state index contributed by atoms with van der Waals surface area (Å²) in [6.45, 7) is 8.48. The Kier molecular flexibility index (Phi) is 9.50. The first-order valence-corrected chi connectivity index (χ1v) is 13.0. The van der Waals surface area contributed by atoms with E-state index in [4.69, 9.17) is 18.9 Å². The van der Waals surface area contributed by atoms with Gasteiger partial charge in [0.1, 0.15) is 0 Å². The Morgan fingerprint density at radius 2 is 1.56 bits per heavy atom. The summed E-state index contributed by atoms with van der Waals surface area (Å²) in [6.07, 6.45) is 4.89. The van der Waals surface area contributed by atoms with E-state index in [1.54, 1.807) is 28.4 Å². The van der Waals surface area contributed by atoms with Crippen molar-refractivity contribution in [2.75, 3.05) is 35.0 Å². The maximum absolute atomic E-state index is 10.4. The summed E-state index contributed by atoms with van der Waals surface area (Å²) in [4.78, 5) is 2.59. The largest absolute Gasteiger partial charge is 0.493 e. The summed E-state index contributed by atoms with van der Waals surface area (Å²) in [5, 5.41) is 10.4. The van der Waals surface area contributed by atoms with Crippen LogP contribution in [0.3, 0.4) is 0 Å². The molecule has 36 heavy (non-hydrogen) atoms. The Morgan fingerprint density at radius 3 is 2.11 bits per heavy atom. The highest BCUT2D eigenvalue weighted by molar-refractivity contribution is 5.49. The molecule has 6 nitrogen and oxygen atoms in total. The first-order chi connectivity index (χ1) is 17.4. The highest BCUT2D eigenvalue weighted by Crippen LogP contribution is 2.42. The molecule has 0 saturated carbocycles. The fraction of sp³-hybridized carbons (Fsp3) is 0.567. The Morgan fingerprint density at radius 1 is 0.944 bits per heavy atom. The minimum atomic E-state index is -0.585. The van der Waals surface area contributed by atoms with Gasteiger partial charge in [0.15, 0.2) is 23.0 Å². The summed E-state index contributed by atoms with van der Waals surface area (Å²) in [6, 6.07) is 13.3. The number of hydrogen-bond acceptors (Lipinski definition) is 6. The van der Waals surface area contributed by atoms with Crippen molar-refractivity contribution < 1.29 is 18.9 Å². The topological polar surface area (TPSA) is 64.0 Å². The molecule has 0 bridgehead atoms. The van der Waals surface area contributed by atoms with Crippen molar-refractivity contribution in [2.45, 2.75) is 70.9 Å². The lowest BCUT2D eigenvalue weighted by molar-refractivity contribution is 0.156. The van der Waals surface area contributed by atoms with Crippen molar-refractivity contribution in [1.29, 1.82) is 5.26 Å². The SMILES string of the molecule is CCCN1Cc2cc(OC)c(OC)cc2CC1CCCC(C#N)(c1ccc(OC)c(OC)c1)C(C)C. The molecule has 1 aliphatic rings. The van der Waals surface area contributed by atoms with E-state index < -0.39 is 5.41 Å². The standard InChI is InChI=1S/C30H42N2O4/c1-8-14-32-19-23-17-28(35-6)27(34-5)16-22(23)15-25(32)10-9-13-30(20-31,21(2)3)24-11-12-26(33-4)29(18-24)36-7/h11-12,16-18,21,25H,8-10,13-15,19H2,1-7H3. The van der Waals surface area contributed by atoms with Crippen molar-refractivity contribution in [1.82, 2.24) is 4.90 Å². The molecule has 1 heterocycles. The van der Waals surface area contributed by atoms with Crippen LogP contribution in [0.1, 0.15) is 63.1 Å². The number of rotatable bonds is 12. The second-order valence-corrected chi connectivity index (χ2v) is 10.0. The van der Waals surface area contributed by atoms with Crippen LogP contribution in [0.2, 0.25) is 0 Å². The number of nitriles is 1. The van der Waals surface area contributed by atoms with Gasteiger partial charge in [0.05, 0.1) is 39.9 Å². The van der Waals surface area contributed by atoms with Crippen LogP contribution in [0.4, 0.5) is 0 Å². The summed E-state index contributed by atoms with van der Waals surface area (Å²) >= 11 is 0. The van der Waals surface area contributed by atoms with Gasteiger partial charge in [-0.2, -0.15) is 5.26 Å². The predicted octanol–water partition coefficient (Wildman–Crippen LogP) is 6.15. The number of ether oxygens (including phenoxy) is 4. The first-order valence-electron chi connectivity index (χ1n) is 13.0. The van der Waals surface area contributed by atoms with E-state index in [0.29, 0.717) is 17.5 Å². The smallest absolute Gasteiger partial charge is 0.161 e. The molecule has 2 aromatic carbocycles. The van der Waals surface area contributed by atoms with Crippen LogP contribution in [0.25, 0.3) is 0 Å². The van der Waals surface area contributed by atoms with Gasteiger partial charge >= 0.3 is 0 Å². The molecule has 2 aromatic rings. The molecule has 3 rings (SSSR count). The van der Waals surface area contributed by atoms with Crippen LogP contribution in [0, 0.1) is 17.2 Å². The maximum atomic E-state index is 10.4. The average molecular weight is 495 g/mol. The van der Waals surface area contributed by atoms with Crippen LogP contribution in [-0.4, -0.2) is 45.9 Å². The Bertz CT molecular complexity index is 1060. The molecule has 0 N–H and O–H groups in total. The van der Waals surface area contributed by atoms with E-state index in [1.807, 2.05) is 18.2 Å². The molecule has 0 saturated heterocycles. The molecular formula is C30H42N2O4. The van der Waals surface area contributed by atoms with Gasteiger partial charge in [0.25, 0.3) is 0 Å². The lowest BCUT2D eigenvalue weighted by Crippen LogP contribution is -2.41. The zero-order chi connectivity index (χ0) is 26.3. The van der Waals surface area contributed by atoms with Crippen LogP contribution in [0.15, 0.2) is 30.3 Å². The number of benzene rings is 2. The summed E-state index contributed by atoms with van der Waals surface area (Å²) in [5.74, 6) is 3.08. The summed E-state index contributed by atoms with van der Waals surface area (Å²) in [5.41, 5.74) is 3.06. The van der Waals surface area contributed by atoms with E-state index in [9.17, 15) is 5.26 Å². The van der Waals surface area contributed by atoms with Gasteiger partial charge in [-0.05, 0) is 85.5 Å². The van der Waals surface area contributed by atoms with Gasteiger partial charge in [-0.1, -0.05) is 26.8 Å². The molecule has 0 aromatic heterocycles. The van der Waals surface area contributed by atoms with E-state index in [-0.39, 0.29) is 5.92 Å². The molecule has 2 unspecified atom stereocenters. The highest BCUT2D eigenvalue weighted by atomic mass is 16.5. The third-order valence-electron chi connectivity index (χ3n) is 7.75. The minimum Gasteiger partial charge on any atom is -0.493 e. The van der Waals surface area contributed by atoms with Crippen LogP contribution in [0.5, 0.6) is 23.0 Å².